The van der Waals surface area contributed by atoms with Gasteiger partial charge in [-0.25, -0.2) is 13.1 Å². The van der Waals surface area contributed by atoms with Crippen LogP contribution in [0.25, 0.3) is 0 Å². The third kappa shape index (κ3) is 6.48. The highest BCUT2D eigenvalue weighted by atomic mass is 32.2. The summed E-state index contributed by atoms with van der Waals surface area (Å²) in [6, 6.07) is 5.48. The van der Waals surface area contributed by atoms with E-state index in [1.54, 1.807) is 6.07 Å². The maximum Gasteiger partial charge on any atom is 0.294 e. The molecule has 0 bridgehead atoms. The van der Waals surface area contributed by atoms with Crippen molar-refractivity contribution in [3.8, 4) is 0 Å². The predicted octanol–water partition coefficient (Wildman–Crippen LogP) is 0.716. The molecule has 1 aliphatic carbocycles. The molecule has 0 saturated heterocycles. The number of benzene rings is 1. The summed E-state index contributed by atoms with van der Waals surface area (Å²) in [6.07, 6.45) is 3.94. The molecule has 1 aliphatic rings. The summed E-state index contributed by atoms with van der Waals surface area (Å²) in [5, 5.41) is 6.00. The Hall–Kier alpha value is -2.55. The molecule has 164 valence electrons. The van der Waals surface area contributed by atoms with Crippen LogP contribution in [-0.2, 0) is 20.1 Å². The summed E-state index contributed by atoms with van der Waals surface area (Å²) in [4.78, 5) is 12.0. The van der Waals surface area contributed by atoms with Crippen molar-refractivity contribution in [1.29, 1.82) is 0 Å². The Morgan fingerprint density at radius 1 is 1.00 bits per heavy atom. The maximum atomic E-state index is 11.4. The monoisotopic (exact) mass is 457 g/mol. The molecule has 1 saturated carbocycles. The van der Waals surface area contributed by atoms with Crippen LogP contribution in [0.3, 0.4) is 0 Å². The lowest BCUT2D eigenvalue weighted by atomic mass is 9.92. The van der Waals surface area contributed by atoms with Crippen molar-refractivity contribution < 1.29 is 21.4 Å². The fourth-order valence-electron chi connectivity index (χ4n) is 3.22. The molecule has 12 nitrogen and oxygen atoms in total. The Bertz CT molecular complexity index is 1120. The van der Waals surface area contributed by atoms with Crippen LogP contribution in [0.5, 0.6) is 0 Å². The van der Waals surface area contributed by atoms with Crippen LogP contribution in [0.1, 0.15) is 25.7 Å². The van der Waals surface area contributed by atoms with Crippen molar-refractivity contribution in [2.24, 2.45) is 0 Å². The fraction of sp³-hybridized carbons (Fsp3) is 0.438. The largest absolute Gasteiger partial charge is 0.368 e. The number of rotatable bonds is 7. The standard InChI is InChI=1S/C16H23N7O5S2/c1-29(24,25)23-11-7-5-10(6-8-11)18-15-20-14(17)21-16(22-15)19-12-3-2-4-13(9-12)30(26,27)28/h2-4,9-11,23H,5-8H2,1H3,(H,26,27,28)(H4,17,18,19,20,21,22). The number of nitrogens with zero attached hydrogens (tertiary/aromatic N) is 3. The Balaban J connectivity index is 1.66. The van der Waals surface area contributed by atoms with Gasteiger partial charge in [-0.2, -0.15) is 23.4 Å². The van der Waals surface area contributed by atoms with Crippen molar-refractivity contribution in [2.75, 3.05) is 22.6 Å². The van der Waals surface area contributed by atoms with E-state index in [1.807, 2.05) is 0 Å². The van der Waals surface area contributed by atoms with E-state index in [0.29, 0.717) is 18.5 Å². The quantitative estimate of drug-likeness (QED) is 0.368. The van der Waals surface area contributed by atoms with Crippen molar-refractivity contribution >= 4 is 43.7 Å². The predicted molar refractivity (Wildman–Crippen MR) is 111 cm³/mol. The first-order valence-electron chi connectivity index (χ1n) is 9.08. The van der Waals surface area contributed by atoms with E-state index in [4.69, 9.17) is 10.3 Å². The second kappa shape index (κ2) is 8.67. The van der Waals surface area contributed by atoms with E-state index >= 15 is 0 Å². The molecule has 1 aromatic heterocycles. The Morgan fingerprint density at radius 2 is 1.63 bits per heavy atom. The second-order valence-electron chi connectivity index (χ2n) is 7.05. The number of hydrogen-bond donors (Lipinski definition) is 5. The molecule has 2 aromatic rings. The minimum atomic E-state index is -4.34. The molecule has 30 heavy (non-hydrogen) atoms. The van der Waals surface area contributed by atoms with Crippen molar-refractivity contribution in [3.63, 3.8) is 0 Å². The molecule has 0 amide bonds. The van der Waals surface area contributed by atoms with Crippen molar-refractivity contribution in [1.82, 2.24) is 19.7 Å². The van der Waals surface area contributed by atoms with Crippen LogP contribution in [0.15, 0.2) is 29.2 Å². The lowest BCUT2D eigenvalue weighted by Gasteiger charge is -2.29. The van der Waals surface area contributed by atoms with Gasteiger partial charge in [-0.3, -0.25) is 4.55 Å². The summed E-state index contributed by atoms with van der Waals surface area (Å²) in [7, 11) is -7.58. The zero-order valence-electron chi connectivity index (χ0n) is 16.1. The van der Waals surface area contributed by atoms with Gasteiger partial charge in [0.05, 0.1) is 11.2 Å². The summed E-state index contributed by atoms with van der Waals surface area (Å²) in [5.41, 5.74) is 6.10. The zero-order chi connectivity index (χ0) is 21.9. The number of anilines is 4. The number of nitrogen functional groups attached to an aromatic ring is 1. The third-order valence-electron chi connectivity index (χ3n) is 4.48. The minimum Gasteiger partial charge on any atom is -0.368 e. The fourth-order valence-corrected chi connectivity index (χ4v) is 4.58. The number of aromatic nitrogens is 3. The first-order valence-corrected chi connectivity index (χ1v) is 12.4. The van der Waals surface area contributed by atoms with Crippen LogP contribution in [0.2, 0.25) is 0 Å². The molecule has 0 aliphatic heterocycles. The van der Waals surface area contributed by atoms with E-state index in [2.05, 4.69) is 30.3 Å². The first kappa shape index (κ1) is 22.1. The molecule has 0 radical (unpaired) electrons. The highest BCUT2D eigenvalue weighted by Crippen LogP contribution is 2.23. The van der Waals surface area contributed by atoms with Gasteiger partial charge in [0, 0.05) is 17.8 Å². The average molecular weight is 458 g/mol. The van der Waals surface area contributed by atoms with Crippen LogP contribution < -0.4 is 21.1 Å². The van der Waals surface area contributed by atoms with Gasteiger partial charge >= 0.3 is 0 Å². The number of nitrogens with one attached hydrogen (secondary N) is 3. The molecule has 1 heterocycles. The van der Waals surface area contributed by atoms with E-state index in [-0.39, 0.29) is 34.8 Å². The van der Waals surface area contributed by atoms with E-state index < -0.39 is 20.1 Å². The SMILES string of the molecule is CS(=O)(=O)NC1CCC(Nc2nc(N)nc(Nc3cccc(S(=O)(=O)O)c3)n2)CC1. The van der Waals surface area contributed by atoms with Gasteiger partial charge in [0.25, 0.3) is 10.1 Å². The van der Waals surface area contributed by atoms with Gasteiger partial charge in [0.2, 0.25) is 27.9 Å². The summed E-state index contributed by atoms with van der Waals surface area (Å²) < 4.78 is 57.1. The maximum absolute atomic E-state index is 11.4. The zero-order valence-corrected chi connectivity index (χ0v) is 17.7. The minimum absolute atomic E-state index is 0.0339. The topological polar surface area (TPSA) is 189 Å². The summed E-state index contributed by atoms with van der Waals surface area (Å²) >= 11 is 0. The van der Waals surface area contributed by atoms with Gasteiger partial charge in [-0.05, 0) is 43.9 Å². The Kier molecular flexibility index (Phi) is 6.40. The van der Waals surface area contributed by atoms with Crippen LogP contribution >= 0.6 is 0 Å². The number of sulfonamides is 1. The molecule has 0 unspecified atom stereocenters. The Labute approximate surface area is 174 Å². The van der Waals surface area contributed by atoms with Crippen LogP contribution in [0.4, 0.5) is 23.5 Å². The molecular weight excluding hydrogens is 434 g/mol. The van der Waals surface area contributed by atoms with Crippen LogP contribution in [-0.4, -0.2) is 54.7 Å². The van der Waals surface area contributed by atoms with Gasteiger partial charge in [0.1, 0.15) is 0 Å². The van der Waals surface area contributed by atoms with E-state index in [0.717, 1.165) is 19.1 Å². The molecule has 0 spiro atoms. The third-order valence-corrected chi connectivity index (χ3v) is 6.09. The van der Waals surface area contributed by atoms with E-state index in [9.17, 15) is 16.8 Å². The summed E-state index contributed by atoms with van der Waals surface area (Å²) in [6.45, 7) is 0. The molecule has 1 aromatic carbocycles. The van der Waals surface area contributed by atoms with Gasteiger partial charge in [-0.1, -0.05) is 6.07 Å². The van der Waals surface area contributed by atoms with E-state index in [1.165, 1.54) is 18.2 Å². The highest BCUT2D eigenvalue weighted by Gasteiger charge is 2.24. The molecule has 14 heteroatoms. The molecule has 3 rings (SSSR count). The lowest BCUT2D eigenvalue weighted by molar-refractivity contribution is 0.387. The highest BCUT2D eigenvalue weighted by molar-refractivity contribution is 7.88. The normalized spacial score (nSPS) is 19.9. The number of nitrogens with two attached hydrogens (primary N) is 1. The smallest absolute Gasteiger partial charge is 0.294 e. The first-order chi connectivity index (χ1) is 14.0. The van der Waals surface area contributed by atoms with Crippen molar-refractivity contribution in [3.05, 3.63) is 24.3 Å². The Morgan fingerprint density at radius 3 is 2.27 bits per heavy atom. The molecule has 0 atom stereocenters. The van der Waals surface area contributed by atoms with Crippen molar-refractivity contribution in [2.45, 2.75) is 42.7 Å². The van der Waals surface area contributed by atoms with Crippen LogP contribution in [0, 0.1) is 0 Å². The summed E-state index contributed by atoms with van der Waals surface area (Å²) in [5.74, 6) is 0.314. The van der Waals surface area contributed by atoms with Gasteiger partial charge in [0.15, 0.2) is 0 Å². The van der Waals surface area contributed by atoms with Gasteiger partial charge in [-0.15, -0.1) is 0 Å². The average Bonchev–Trinajstić information content (AvgIpc) is 2.61. The second-order valence-corrected chi connectivity index (χ2v) is 10.3. The number of hydrogen-bond acceptors (Lipinski definition) is 10. The van der Waals surface area contributed by atoms with Gasteiger partial charge < -0.3 is 16.4 Å². The molecule has 6 N–H and O–H groups in total. The molecular formula is C16H23N7O5S2. The molecule has 1 fully saturated rings. The lowest BCUT2D eigenvalue weighted by Crippen LogP contribution is -2.39.